The lowest BCUT2D eigenvalue weighted by Crippen LogP contribution is -2.48. The van der Waals surface area contributed by atoms with Crippen molar-refractivity contribution in [1.82, 2.24) is 4.90 Å². The number of amides is 2. The Morgan fingerprint density at radius 2 is 1.57 bits per heavy atom. The number of hydrogen-bond acceptors (Lipinski definition) is 7. The molecule has 3 aromatic rings. The molecule has 1 aromatic heterocycles. The number of nitrogens with zero attached hydrogens (tertiary/aromatic N) is 1. The second-order valence-electron chi connectivity index (χ2n) is 8.65. The minimum atomic E-state index is -5.01. The monoisotopic (exact) mass is 646 g/mol. The SMILES string of the molecule is O=C(O)c1ccc(NC(=O)[C@@H](CO)N2C(=O)C(=Cc3cc(-c4cc(C(F)(F)F)cc(C(F)(F)F)c4)cs3)SC2=S)cc1. The molecule has 0 aliphatic carbocycles. The van der Waals surface area contributed by atoms with Crippen LogP contribution in [0, 0.1) is 0 Å². The number of carbonyl (C=O) groups excluding carboxylic acids is 2. The molecule has 1 aliphatic rings. The zero-order valence-electron chi connectivity index (χ0n) is 20.6. The normalized spacial score (nSPS) is 15.8. The van der Waals surface area contributed by atoms with E-state index < -0.39 is 53.9 Å². The minimum absolute atomic E-state index is 0.00508. The van der Waals surface area contributed by atoms with E-state index in [9.17, 15) is 45.8 Å². The molecule has 1 atom stereocenters. The Morgan fingerprint density at radius 1 is 0.976 bits per heavy atom. The largest absolute Gasteiger partial charge is 0.478 e. The topological polar surface area (TPSA) is 107 Å². The first kappa shape index (κ1) is 31.2. The van der Waals surface area contributed by atoms with Crippen LogP contribution in [0.5, 0.6) is 0 Å². The summed E-state index contributed by atoms with van der Waals surface area (Å²) in [5, 5.41) is 22.7. The number of anilines is 1. The standard InChI is InChI=1S/C26H16F6N2O5S3/c27-25(28,29)15-5-13(6-16(8-15)26(30,31)32)14-7-18(41-11-14)9-20-22(37)34(24(40)42-20)19(10-35)21(36)33-17-3-1-12(2-4-17)23(38)39/h1-9,11,19,35H,10H2,(H,33,36)(H,38,39)/t19-/m1/s1. The van der Waals surface area contributed by atoms with Crippen molar-refractivity contribution in [1.29, 1.82) is 0 Å². The van der Waals surface area contributed by atoms with Crippen LogP contribution < -0.4 is 5.32 Å². The molecule has 2 amide bonds. The summed E-state index contributed by atoms with van der Waals surface area (Å²) in [7, 11) is 0. The van der Waals surface area contributed by atoms with Gasteiger partial charge in [-0.1, -0.05) is 24.0 Å². The number of thiocarbonyl (C=S) groups is 1. The van der Waals surface area contributed by atoms with Crippen molar-refractivity contribution in [2.75, 3.05) is 11.9 Å². The van der Waals surface area contributed by atoms with Crippen molar-refractivity contribution in [2.24, 2.45) is 0 Å². The number of carboxylic acid groups (broad SMARTS) is 1. The summed E-state index contributed by atoms with van der Waals surface area (Å²) in [5.74, 6) is -2.75. The van der Waals surface area contributed by atoms with Gasteiger partial charge in [0.2, 0.25) is 5.91 Å². The average molecular weight is 647 g/mol. The number of carbonyl (C=O) groups is 3. The fourth-order valence-electron chi connectivity index (χ4n) is 3.78. The number of thiophene rings is 1. The maximum absolute atomic E-state index is 13.3. The van der Waals surface area contributed by atoms with Gasteiger partial charge in [0.1, 0.15) is 10.4 Å². The minimum Gasteiger partial charge on any atom is -0.478 e. The van der Waals surface area contributed by atoms with Crippen LogP contribution in [0.15, 0.2) is 58.8 Å². The molecule has 0 unspecified atom stereocenters. The molecule has 4 rings (SSSR count). The highest BCUT2D eigenvalue weighted by atomic mass is 32.2. The number of nitrogens with one attached hydrogen (secondary N) is 1. The molecule has 0 saturated carbocycles. The molecule has 3 N–H and O–H groups in total. The van der Waals surface area contributed by atoms with Crippen molar-refractivity contribution < 1.29 is 50.9 Å². The Bertz CT molecular complexity index is 1570. The molecule has 42 heavy (non-hydrogen) atoms. The summed E-state index contributed by atoms with van der Waals surface area (Å²) in [4.78, 5) is 38.2. The molecule has 16 heteroatoms. The number of benzene rings is 2. The van der Waals surface area contributed by atoms with Crippen LogP contribution in [0.3, 0.4) is 0 Å². The van der Waals surface area contributed by atoms with Crippen molar-refractivity contribution >= 4 is 69.2 Å². The van der Waals surface area contributed by atoms with Gasteiger partial charge >= 0.3 is 18.3 Å². The lowest BCUT2D eigenvalue weighted by atomic mass is 10.0. The Morgan fingerprint density at radius 3 is 2.10 bits per heavy atom. The van der Waals surface area contributed by atoms with E-state index in [1.54, 1.807) is 0 Å². The van der Waals surface area contributed by atoms with Crippen LogP contribution in [0.4, 0.5) is 32.0 Å². The van der Waals surface area contributed by atoms with Gasteiger partial charge in [0.25, 0.3) is 5.91 Å². The molecule has 1 saturated heterocycles. The molecule has 220 valence electrons. The number of rotatable bonds is 7. The summed E-state index contributed by atoms with van der Waals surface area (Å²) >= 11 is 6.96. The number of thioether (sulfide) groups is 1. The van der Waals surface area contributed by atoms with E-state index in [1.807, 2.05) is 0 Å². The smallest absolute Gasteiger partial charge is 0.416 e. The third kappa shape index (κ3) is 6.83. The van der Waals surface area contributed by atoms with Gasteiger partial charge in [-0.25, -0.2) is 4.79 Å². The first-order valence-electron chi connectivity index (χ1n) is 11.5. The zero-order valence-corrected chi connectivity index (χ0v) is 23.1. The highest BCUT2D eigenvalue weighted by molar-refractivity contribution is 8.26. The number of alkyl halides is 6. The van der Waals surface area contributed by atoms with Crippen LogP contribution in [-0.4, -0.2) is 49.9 Å². The third-order valence-corrected chi connectivity index (χ3v) is 8.03. The van der Waals surface area contributed by atoms with E-state index in [1.165, 1.54) is 41.8 Å². The van der Waals surface area contributed by atoms with Gasteiger partial charge in [0, 0.05) is 10.6 Å². The van der Waals surface area contributed by atoms with Crippen molar-refractivity contribution in [2.45, 2.75) is 18.4 Å². The van der Waals surface area contributed by atoms with Crippen LogP contribution in [0.2, 0.25) is 0 Å². The van der Waals surface area contributed by atoms with Crippen LogP contribution in [0.25, 0.3) is 17.2 Å². The fraction of sp³-hybridized carbons (Fsp3) is 0.154. The van der Waals surface area contributed by atoms with Gasteiger partial charge in [0.15, 0.2) is 0 Å². The maximum Gasteiger partial charge on any atom is 0.416 e. The third-order valence-electron chi connectivity index (χ3n) is 5.82. The van der Waals surface area contributed by atoms with Gasteiger partial charge in [-0.3, -0.25) is 14.5 Å². The van der Waals surface area contributed by atoms with Gasteiger partial charge in [-0.05, 0) is 71.1 Å². The molecule has 7 nitrogen and oxygen atoms in total. The highest BCUT2D eigenvalue weighted by Gasteiger charge is 2.40. The fourth-order valence-corrected chi connectivity index (χ4v) is 6.05. The van der Waals surface area contributed by atoms with Crippen LogP contribution in [-0.2, 0) is 21.9 Å². The number of aliphatic hydroxyl groups excluding tert-OH is 1. The van der Waals surface area contributed by atoms with Gasteiger partial charge in [-0.2, -0.15) is 26.3 Å². The molecule has 0 bridgehead atoms. The molecule has 0 radical (unpaired) electrons. The lowest BCUT2D eigenvalue weighted by Gasteiger charge is -2.24. The predicted molar refractivity (Wildman–Crippen MR) is 148 cm³/mol. The molecule has 2 heterocycles. The number of carboxylic acids is 1. The molecular formula is C26H16F6N2O5S3. The van der Waals surface area contributed by atoms with Gasteiger partial charge in [-0.15, -0.1) is 11.3 Å². The van der Waals surface area contributed by atoms with E-state index >= 15 is 0 Å². The van der Waals surface area contributed by atoms with E-state index in [-0.39, 0.29) is 37.7 Å². The quantitative estimate of drug-likeness (QED) is 0.156. The van der Waals surface area contributed by atoms with E-state index in [4.69, 9.17) is 17.3 Å². The predicted octanol–water partition coefficient (Wildman–Crippen LogP) is 6.35. The number of halogens is 6. The molecule has 1 aliphatic heterocycles. The summed E-state index contributed by atoms with van der Waals surface area (Å²) in [6.07, 6.45) is -8.70. The van der Waals surface area contributed by atoms with Crippen LogP contribution in [0.1, 0.15) is 26.4 Å². The summed E-state index contributed by atoms with van der Waals surface area (Å²) in [6.45, 7) is -0.820. The van der Waals surface area contributed by atoms with E-state index in [0.717, 1.165) is 28.0 Å². The number of aliphatic hydroxyl groups is 1. The Balaban J connectivity index is 1.56. The summed E-state index contributed by atoms with van der Waals surface area (Å²) in [5.41, 5.74) is -3.04. The zero-order chi connectivity index (χ0) is 31.0. The van der Waals surface area contributed by atoms with E-state index in [2.05, 4.69) is 5.32 Å². The number of aromatic carboxylic acids is 1. The molecule has 2 aromatic carbocycles. The molecule has 0 spiro atoms. The lowest BCUT2D eigenvalue weighted by molar-refractivity contribution is -0.143. The summed E-state index contributed by atoms with van der Waals surface area (Å²) in [6, 6.07) is 6.20. The van der Waals surface area contributed by atoms with Gasteiger partial charge < -0.3 is 15.5 Å². The van der Waals surface area contributed by atoms with E-state index in [0.29, 0.717) is 17.0 Å². The maximum atomic E-state index is 13.3. The average Bonchev–Trinajstić information content (AvgIpc) is 3.48. The van der Waals surface area contributed by atoms with Crippen molar-refractivity contribution in [3.05, 3.63) is 80.4 Å². The van der Waals surface area contributed by atoms with Crippen molar-refractivity contribution in [3.8, 4) is 11.1 Å². The highest BCUT2D eigenvalue weighted by Crippen LogP contribution is 2.40. The first-order valence-corrected chi connectivity index (χ1v) is 13.6. The summed E-state index contributed by atoms with van der Waals surface area (Å²) < 4.78 is 79.5. The Hall–Kier alpha value is -3.73. The molecule has 1 fully saturated rings. The first-order chi connectivity index (χ1) is 19.6. The second kappa shape index (κ2) is 11.9. The Kier molecular flexibility index (Phi) is 8.82. The number of hydrogen-bond donors (Lipinski definition) is 3. The van der Waals surface area contributed by atoms with Gasteiger partial charge in [0.05, 0.1) is 28.2 Å². The van der Waals surface area contributed by atoms with Crippen LogP contribution >= 0.6 is 35.3 Å². The molecular weight excluding hydrogens is 630 g/mol. The van der Waals surface area contributed by atoms with Crippen molar-refractivity contribution in [3.63, 3.8) is 0 Å². The Labute approximate surface area is 246 Å². The second-order valence-corrected chi connectivity index (χ2v) is 11.3.